The smallest absolute Gasteiger partial charge is 0.229 e. The Morgan fingerprint density at radius 3 is 3.19 bits per heavy atom. The van der Waals surface area contributed by atoms with Gasteiger partial charge >= 0.3 is 0 Å². The molecule has 8 nitrogen and oxygen atoms in total. The van der Waals surface area contributed by atoms with Gasteiger partial charge in [-0.1, -0.05) is 6.08 Å². The minimum Gasteiger partial charge on any atom is -0.302 e. The van der Waals surface area contributed by atoms with Crippen molar-refractivity contribution in [2.24, 2.45) is 0 Å². The third-order valence-electron chi connectivity index (χ3n) is 4.32. The van der Waals surface area contributed by atoms with Gasteiger partial charge in [-0.25, -0.2) is 15.0 Å². The van der Waals surface area contributed by atoms with Crippen LogP contribution in [0.1, 0.15) is 17.8 Å². The highest BCUT2D eigenvalue weighted by molar-refractivity contribution is 7.14. The van der Waals surface area contributed by atoms with E-state index in [1.807, 2.05) is 18.4 Å². The number of aromatic amines is 1. The van der Waals surface area contributed by atoms with Gasteiger partial charge in [-0.05, 0) is 25.0 Å². The molecule has 0 aliphatic carbocycles. The molecule has 0 atom stereocenters. The molecule has 0 unspecified atom stereocenters. The molecule has 0 bridgehead atoms. The number of thiazole rings is 1. The maximum Gasteiger partial charge on any atom is 0.229 e. The Morgan fingerprint density at radius 1 is 1.41 bits per heavy atom. The van der Waals surface area contributed by atoms with E-state index in [4.69, 9.17) is 0 Å². The lowest BCUT2D eigenvalue weighted by molar-refractivity contribution is -0.108. The first kappa shape index (κ1) is 17.5. The fourth-order valence-corrected chi connectivity index (χ4v) is 3.74. The van der Waals surface area contributed by atoms with E-state index in [9.17, 15) is 4.79 Å². The summed E-state index contributed by atoms with van der Waals surface area (Å²) in [6.07, 6.45) is 7.56. The van der Waals surface area contributed by atoms with E-state index in [0.717, 1.165) is 59.1 Å². The summed E-state index contributed by atoms with van der Waals surface area (Å²) >= 11 is 1.49. The van der Waals surface area contributed by atoms with Crippen molar-refractivity contribution in [1.82, 2.24) is 30.0 Å². The van der Waals surface area contributed by atoms with Gasteiger partial charge in [0.05, 0.1) is 24.1 Å². The highest BCUT2D eigenvalue weighted by atomic mass is 32.1. The van der Waals surface area contributed by atoms with Crippen LogP contribution < -0.4 is 5.32 Å². The first-order valence-corrected chi connectivity index (χ1v) is 9.52. The van der Waals surface area contributed by atoms with Gasteiger partial charge in [0.2, 0.25) is 5.95 Å². The molecule has 3 aromatic rings. The van der Waals surface area contributed by atoms with Crippen LogP contribution in [-0.4, -0.2) is 56.0 Å². The fraction of sp³-hybridized carbons (Fsp3) is 0.278. The third-order valence-corrected chi connectivity index (χ3v) is 5.07. The van der Waals surface area contributed by atoms with Gasteiger partial charge in [0, 0.05) is 35.9 Å². The van der Waals surface area contributed by atoms with E-state index in [1.54, 1.807) is 12.4 Å². The molecule has 27 heavy (non-hydrogen) atoms. The standard InChI is InChI=1S/C18H19N7OS/c1-12-4-5-19-17(21-12)23-18-22-15(11-27-18)14-9-20-24-16(14)13-3-2-6-25(10-13)7-8-26/h3-5,8-9,11H,2,6-7,10H2,1H3,(H,20,24)(H,19,21,22,23). The quantitative estimate of drug-likeness (QED) is 0.633. The van der Waals surface area contributed by atoms with E-state index >= 15 is 0 Å². The van der Waals surface area contributed by atoms with Crippen LogP contribution >= 0.6 is 11.3 Å². The zero-order chi connectivity index (χ0) is 18.6. The van der Waals surface area contributed by atoms with Gasteiger partial charge in [0.25, 0.3) is 0 Å². The second-order valence-corrected chi connectivity index (χ2v) is 7.12. The predicted molar refractivity (Wildman–Crippen MR) is 105 cm³/mol. The molecule has 1 aliphatic heterocycles. The Balaban J connectivity index is 1.55. The van der Waals surface area contributed by atoms with E-state index in [1.165, 1.54) is 11.3 Å². The van der Waals surface area contributed by atoms with Crippen molar-refractivity contribution >= 4 is 34.3 Å². The first-order valence-electron chi connectivity index (χ1n) is 8.64. The summed E-state index contributed by atoms with van der Waals surface area (Å²) in [6, 6.07) is 1.85. The van der Waals surface area contributed by atoms with Gasteiger partial charge in [-0.15, -0.1) is 11.3 Å². The minimum atomic E-state index is 0.447. The van der Waals surface area contributed by atoms with Crippen molar-refractivity contribution in [1.29, 1.82) is 0 Å². The molecular weight excluding hydrogens is 362 g/mol. The van der Waals surface area contributed by atoms with E-state index in [2.05, 4.69) is 41.4 Å². The zero-order valence-corrected chi connectivity index (χ0v) is 15.7. The van der Waals surface area contributed by atoms with Crippen molar-refractivity contribution in [2.45, 2.75) is 13.3 Å². The number of nitrogens with one attached hydrogen (secondary N) is 2. The molecule has 4 rings (SSSR count). The Kier molecular flexibility index (Phi) is 5.03. The maximum atomic E-state index is 10.8. The molecule has 1 aliphatic rings. The van der Waals surface area contributed by atoms with Gasteiger partial charge in [-0.3, -0.25) is 10.00 Å². The molecule has 0 radical (unpaired) electrons. The lowest BCUT2D eigenvalue weighted by Gasteiger charge is -2.25. The monoisotopic (exact) mass is 381 g/mol. The summed E-state index contributed by atoms with van der Waals surface area (Å²) in [5.41, 5.74) is 4.77. The molecule has 0 saturated heterocycles. The van der Waals surface area contributed by atoms with Crippen molar-refractivity contribution in [3.8, 4) is 11.3 Å². The topological polar surface area (TPSA) is 99.7 Å². The van der Waals surface area contributed by atoms with Crippen molar-refractivity contribution in [3.05, 3.63) is 41.3 Å². The summed E-state index contributed by atoms with van der Waals surface area (Å²) in [7, 11) is 0. The van der Waals surface area contributed by atoms with Gasteiger partial charge in [-0.2, -0.15) is 5.10 Å². The zero-order valence-electron chi connectivity index (χ0n) is 14.8. The number of aldehydes is 1. The highest BCUT2D eigenvalue weighted by Gasteiger charge is 2.19. The van der Waals surface area contributed by atoms with E-state index < -0.39 is 0 Å². The molecule has 2 N–H and O–H groups in total. The number of carbonyl (C=O) groups excluding carboxylic acids is 1. The molecule has 0 spiro atoms. The lowest BCUT2D eigenvalue weighted by Crippen LogP contribution is -2.31. The predicted octanol–water partition coefficient (Wildman–Crippen LogP) is 2.66. The van der Waals surface area contributed by atoms with Gasteiger partial charge < -0.3 is 10.1 Å². The van der Waals surface area contributed by atoms with Crippen molar-refractivity contribution in [2.75, 3.05) is 25.0 Å². The first-order chi connectivity index (χ1) is 13.2. The molecule has 3 aromatic heterocycles. The number of hydrogen-bond acceptors (Lipinski definition) is 8. The number of aryl methyl sites for hydroxylation is 1. The summed E-state index contributed by atoms with van der Waals surface area (Å²) in [4.78, 5) is 26.1. The molecule has 0 saturated carbocycles. The van der Waals surface area contributed by atoms with Crippen LogP contribution in [0, 0.1) is 6.92 Å². The minimum absolute atomic E-state index is 0.447. The molecular formula is C18H19N7OS. The Bertz CT molecular complexity index is 978. The van der Waals surface area contributed by atoms with Crippen LogP contribution in [0.25, 0.3) is 16.8 Å². The van der Waals surface area contributed by atoms with E-state index in [-0.39, 0.29) is 0 Å². The third kappa shape index (κ3) is 3.93. The Hall–Kier alpha value is -2.91. The summed E-state index contributed by atoms with van der Waals surface area (Å²) < 4.78 is 0. The highest BCUT2D eigenvalue weighted by Crippen LogP contribution is 2.32. The average molecular weight is 381 g/mol. The number of H-pyrrole nitrogens is 1. The molecule has 0 aromatic carbocycles. The summed E-state index contributed by atoms with van der Waals surface area (Å²) in [5, 5.41) is 13.2. The second-order valence-electron chi connectivity index (χ2n) is 6.26. The lowest BCUT2D eigenvalue weighted by atomic mass is 10.0. The molecule has 9 heteroatoms. The van der Waals surface area contributed by atoms with Gasteiger partial charge in [0.15, 0.2) is 5.13 Å². The SMILES string of the molecule is Cc1ccnc(Nc2nc(-c3cn[nH]c3C3=CCCN(CC=O)C3)cs2)n1. The Morgan fingerprint density at radius 2 is 2.33 bits per heavy atom. The molecule has 138 valence electrons. The van der Waals surface area contributed by atoms with Crippen LogP contribution in [-0.2, 0) is 4.79 Å². The van der Waals surface area contributed by atoms with Crippen LogP contribution in [0.4, 0.5) is 11.1 Å². The summed E-state index contributed by atoms with van der Waals surface area (Å²) in [5.74, 6) is 0.530. The van der Waals surface area contributed by atoms with Crippen LogP contribution in [0.15, 0.2) is 29.9 Å². The molecule has 0 amide bonds. The molecule has 0 fully saturated rings. The summed E-state index contributed by atoms with van der Waals surface area (Å²) in [6.45, 7) is 3.99. The normalized spacial score (nSPS) is 14.8. The van der Waals surface area contributed by atoms with Crippen LogP contribution in [0.5, 0.6) is 0 Å². The van der Waals surface area contributed by atoms with Crippen LogP contribution in [0.2, 0.25) is 0 Å². The van der Waals surface area contributed by atoms with Crippen molar-refractivity contribution in [3.63, 3.8) is 0 Å². The van der Waals surface area contributed by atoms with E-state index in [0.29, 0.717) is 12.5 Å². The number of rotatable bonds is 6. The second kappa shape index (κ2) is 7.77. The van der Waals surface area contributed by atoms with Gasteiger partial charge in [0.1, 0.15) is 6.29 Å². The van der Waals surface area contributed by atoms with Crippen molar-refractivity contribution < 1.29 is 4.79 Å². The number of anilines is 2. The number of carbonyl (C=O) groups is 1. The van der Waals surface area contributed by atoms with Crippen LogP contribution in [0.3, 0.4) is 0 Å². The maximum absolute atomic E-state index is 10.8. The average Bonchev–Trinajstić information content (AvgIpc) is 3.31. The molecule has 4 heterocycles. The number of nitrogens with zero attached hydrogens (tertiary/aromatic N) is 5. The largest absolute Gasteiger partial charge is 0.302 e. The fourth-order valence-electron chi connectivity index (χ4n) is 3.03. The number of aromatic nitrogens is 5. The number of hydrogen-bond donors (Lipinski definition) is 2. The Labute approximate surface area is 160 Å².